The van der Waals surface area contributed by atoms with E-state index in [9.17, 15) is 4.79 Å². The van der Waals surface area contributed by atoms with Gasteiger partial charge < -0.3 is 19.8 Å². The fourth-order valence-electron chi connectivity index (χ4n) is 3.39. The number of hydrogen-bond donors (Lipinski definition) is 2. The summed E-state index contributed by atoms with van der Waals surface area (Å²) in [6.45, 7) is 5.23. The summed E-state index contributed by atoms with van der Waals surface area (Å²) in [5.41, 5.74) is 1.42. The number of benzene rings is 1. The van der Waals surface area contributed by atoms with E-state index < -0.39 is 5.97 Å². The van der Waals surface area contributed by atoms with Gasteiger partial charge >= 0.3 is 5.97 Å². The zero-order valence-corrected chi connectivity index (χ0v) is 13.8. The fourth-order valence-corrected chi connectivity index (χ4v) is 3.39. The average Bonchev–Trinajstić information content (AvgIpc) is 2.78. The Morgan fingerprint density at radius 2 is 2.08 bits per heavy atom. The highest BCUT2D eigenvalue weighted by molar-refractivity contribution is 5.87. The molecule has 0 aliphatic carbocycles. The number of likely N-dealkylation sites (N-methyl/N-ethyl adjacent to an activating group) is 1. The van der Waals surface area contributed by atoms with Gasteiger partial charge in [0.15, 0.2) is 0 Å². The lowest BCUT2D eigenvalue weighted by atomic mass is 10.1. The number of ether oxygens (including phenoxy) is 1. The van der Waals surface area contributed by atoms with Crippen LogP contribution in [0.5, 0.6) is 0 Å². The topological polar surface area (TPSA) is 90.3 Å². The zero-order chi connectivity index (χ0) is 17.5. The molecule has 2 atom stereocenters. The van der Waals surface area contributed by atoms with Crippen LogP contribution in [0.1, 0.15) is 15.9 Å². The molecule has 7 nitrogen and oxygen atoms in total. The van der Waals surface area contributed by atoms with Gasteiger partial charge in [0.05, 0.1) is 18.8 Å². The molecule has 0 spiro atoms. The summed E-state index contributed by atoms with van der Waals surface area (Å²) in [6, 6.07) is 7.64. The van der Waals surface area contributed by atoms with Gasteiger partial charge in [-0.3, -0.25) is 9.69 Å². The largest absolute Gasteiger partial charge is 0.483 e. The van der Waals surface area contributed by atoms with Gasteiger partial charge in [-0.05, 0) is 24.7 Å². The molecule has 2 fully saturated rings. The number of hydrogen-bond acceptors (Lipinski definition) is 5. The highest BCUT2D eigenvalue weighted by Gasteiger charge is 2.31. The highest BCUT2D eigenvalue weighted by Crippen LogP contribution is 2.21. The van der Waals surface area contributed by atoms with Crippen molar-refractivity contribution in [3.05, 3.63) is 35.4 Å². The molecule has 0 unspecified atom stereocenters. The van der Waals surface area contributed by atoms with Gasteiger partial charge in [0.1, 0.15) is 0 Å². The van der Waals surface area contributed by atoms with E-state index in [2.05, 4.69) is 16.8 Å². The average molecular weight is 336 g/mol. The van der Waals surface area contributed by atoms with Crippen LogP contribution >= 0.6 is 0 Å². The minimum Gasteiger partial charge on any atom is -0.483 e. The maximum atomic E-state index is 11.1. The summed E-state index contributed by atoms with van der Waals surface area (Å²) in [7, 11) is 2.17. The summed E-state index contributed by atoms with van der Waals surface area (Å²) in [5.74, 6) is -0.334. The van der Waals surface area contributed by atoms with E-state index in [1.54, 1.807) is 12.1 Å². The number of aromatic carboxylic acids is 1. The van der Waals surface area contributed by atoms with Gasteiger partial charge in [-0.15, -0.1) is 0 Å². The van der Waals surface area contributed by atoms with Gasteiger partial charge in [-0.25, -0.2) is 4.79 Å². The normalized spacial score (nSPS) is 24.4. The van der Waals surface area contributed by atoms with Crippen LogP contribution in [-0.4, -0.2) is 78.4 Å². The van der Waals surface area contributed by atoms with Crippen LogP contribution < -0.4 is 0 Å². The number of nitrogens with zero attached hydrogens (tertiary/aromatic N) is 2. The Bertz CT molecular complexity index is 566. The first-order valence-electron chi connectivity index (χ1n) is 7.94. The van der Waals surface area contributed by atoms with Crippen LogP contribution in [-0.2, 0) is 16.1 Å². The molecule has 2 N–H and O–H groups in total. The molecule has 0 amide bonds. The maximum Gasteiger partial charge on any atom is 0.335 e. The lowest BCUT2D eigenvalue weighted by Gasteiger charge is -2.29. The minimum absolute atomic E-state index is 0.250. The van der Waals surface area contributed by atoms with Crippen molar-refractivity contribution in [3.8, 4) is 0 Å². The lowest BCUT2D eigenvalue weighted by Crippen LogP contribution is -2.42. The van der Waals surface area contributed by atoms with Crippen LogP contribution in [0, 0.1) is 5.92 Å². The van der Waals surface area contributed by atoms with Crippen LogP contribution in [0.2, 0.25) is 0 Å². The first-order chi connectivity index (χ1) is 11.5. The Morgan fingerprint density at radius 1 is 1.33 bits per heavy atom. The number of rotatable bonds is 3. The predicted molar refractivity (Wildman–Crippen MR) is 88.1 cm³/mol. The van der Waals surface area contributed by atoms with Gasteiger partial charge in [0.2, 0.25) is 0 Å². The van der Waals surface area contributed by atoms with Gasteiger partial charge in [0.25, 0.3) is 6.47 Å². The van der Waals surface area contributed by atoms with Crippen molar-refractivity contribution in [3.63, 3.8) is 0 Å². The van der Waals surface area contributed by atoms with Gasteiger partial charge in [-0.1, -0.05) is 12.1 Å². The molecular formula is C17H24N2O5. The second-order valence-corrected chi connectivity index (χ2v) is 6.32. The summed E-state index contributed by atoms with van der Waals surface area (Å²) < 4.78 is 5.78. The molecule has 2 aliphatic rings. The SMILES string of the molecule is CN1C[C@@H]2COC[C@H](C1)N(Cc1cccc(C(=O)O)c1)C2.O=CO. The van der Waals surface area contributed by atoms with E-state index in [-0.39, 0.29) is 6.47 Å². The molecule has 2 heterocycles. The van der Waals surface area contributed by atoms with Crippen LogP contribution in [0.3, 0.4) is 0 Å². The van der Waals surface area contributed by atoms with Crippen molar-refractivity contribution in [2.75, 3.05) is 39.9 Å². The molecule has 24 heavy (non-hydrogen) atoms. The van der Waals surface area contributed by atoms with E-state index in [0.29, 0.717) is 17.5 Å². The predicted octanol–water partition coefficient (Wildman–Crippen LogP) is 0.848. The molecule has 2 bridgehead atoms. The van der Waals surface area contributed by atoms with E-state index in [1.165, 1.54) is 0 Å². The molecule has 2 aliphatic heterocycles. The van der Waals surface area contributed by atoms with Crippen molar-refractivity contribution < 1.29 is 24.5 Å². The zero-order valence-electron chi connectivity index (χ0n) is 13.8. The molecule has 1 aromatic rings. The minimum atomic E-state index is -0.866. The standard InChI is InChI=1S/C16H22N2O3.CH2O2/c1-17-6-13-8-18(15(9-17)11-21-10-13)7-12-3-2-4-14(5-12)16(19)20;2-1-3/h2-5,13,15H,6-11H2,1H3,(H,19,20);1H,(H,2,3)/t13-,15-;/m0./s1. The maximum absolute atomic E-state index is 11.1. The van der Waals surface area contributed by atoms with Gasteiger partial charge in [-0.2, -0.15) is 0 Å². The molecule has 0 aromatic heterocycles. The Hall–Kier alpha value is -1.96. The molecule has 7 heteroatoms. The van der Waals surface area contributed by atoms with Crippen LogP contribution in [0.25, 0.3) is 0 Å². The lowest BCUT2D eigenvalue weighted by molar-refractivity contribution is -0.122. The Morgan fingerprint density at radius 3 is 2.79 bits per heavy atom. The smallest absolute Gasteiger partial charge is 0.335 e. The molecule has 2 saturated heterocycles. The van der Waals surface area contributed by atoms with Crippen molar-refractivity contribution >= 4 is 12.4 Å². The van der Waals surface area contributed by atoms with E-state index in [1.807, 2.05) is 12.1 Å². The Kier molecular flexibility index (Phi) is 6.72. The second-order valence-electron chi connectivity index (χ2n) is 6.32. The summed E-state index contributed by atoms with van der Waals surface area (Å²) in [6.07, 6.45) is 0. The van der Waals surface area contributed by atoms with Crippen molar-refractivity contribution in [1.82, 2.24) is 9.80 Å². The third kappa shape index (κ3) is 5.02. The summed E-state index contributed by atoms with van der Waals surface area (Å²) >= 11 is 0. The van der Waals surface area contributed by atoms with E-state index in [4.69, 9.17) is 19.7 Å². The van der Waals surface area contributed by atoms with E-state index >= 15 is 0 Å². The van der Waals surface area contributed by atoms with Crippen LogP contribution in [0.15, 0.2) is 24.3 Å². The third-order valence-electron chi connectivity index (χ3n) is 4.32. The Balaban J connectivity index is 0.000000647. The number of fused-ring (bicyclic) bond motifs is 3. The number of carboxylic acid groups (broad SMARTS) is 2. The van der Waals surface area contributed by atoms with Crippen LogP contribution in [0.4, 0.5) is 0 Å². The number of carboxylic acids is 1. The fraction of sp³-hybridized carbons (Fsp3) is 0.529. The van der Waals surface area contributed by atoms with E-state index in [0.717, 1.165) is 45.0 Å². The highest BCUT2D eigenvalue weighted by atomic mass is 16.5. The number of carbonyl (C=O) groups is 2. The van der Waals surface area contributed by atoms with Crippen molar-refractivity contribution in [2.45, 2.75) is 12.6 Å². The summed E-state index contributed by atoms with van der Waals surface area (Å²) in [5, 5.41) is 16.0. The second kappa shape index (κ2) is 8.77. The first kappa shape index (κ1) is 18.4. The summed E-state index contributed by atoms with van der Waals surface area (Å²) in [4.78, 5) is 24.3. The Labute approximate surface area is 141 Å². The van der Waals surface area contributed by atoms with Crippen molar-refractivity contribution in [2.24, 2.45) is 5.92 Å². The van der Waals surface area contributed by atoms with Gasteiger partial charge in [0, 0.05) is 38.1 Å². The molecule has 1 aromatic carbocycles. The monoisotopic (exact) mass is 336 g/mol. The van der Waals surface area contributed by atoms with Crippen molar-refractivity contribution in [1.29, 1.82) is 0 Å². The molecular weight excluding hydrogens is 312 g/mol. The molecule has 3 rings (SSSR count). The molecule has 132 valence electrons. The quantitative estimate of drug-likeness (QED) is 0.791. The molecule has 0 saturated carbocycles. The molecule has 0 radical (unpaired) electrons. The first-order valence-corrected chi connectivity index (χ1v) is 7.94. The third-order valence-corrected chi connectivity index (χ3v) is 4.32.